The molecular formula is C12H18N2O2S. The zero-order valence-electron chi connectivity index (χ0n) is 9.94. The van der Waals surface area contributed by atoms with Crippen LogP contribution in [0.2, 0.25) is 0 Å². The van der Waals surface area contributed by atoms with Gasteiger partial charge in [-0.2, -0.15) is 0 Å². The van der Waals surface area contributed by atoms with E-state index in [1.165, 1.54) is 11.3 Å². The van der Waals surface area contributed by atoms with Gasteiger partial charge in [0.15, 0.2) is 0 Å². The van der Waals surface area contributed by atoms with E-state index >= 15 is 0 Å². The monoisotopic (exact) mass is 254 g/mol. The first-order valence-electron chi connectivity index (χ1n) is 5.88. The average molecular weight is 254 g/mol. The summed E-state index contributed by atoms with van der Waals surface area (Å²) in [6.45, 7) is 0.645. The van der Waals surface area contributed by atoms with Gasteiger partial charge in [0, 0.05) is 6.04 Å². The molecule has 3 N–H and O–H groups in total. The van der Waals surface area contributed by atoms with Gasteiger partial charge in [0.25, 0.3) is 5.91 Å². The van der Waals surface area contributed by atoms with Crippen LogP contribution in [0.1, 0.15) is 28.9 Å². The molecule has 2 unspecified atom stereocenters. The zero-order valence-corrected chi connectivity index (χ0v) is 10.8. The second-order valence-corrected chi connectivity index (χ2v) is 5.24. The van der Waals surface area contributed by atoms with E-state index in [9.17, 15) is 4.79 Å². The van der Waals surface area contributed by atoms with Crippen molar-refractivity contribution in [2.45, 2.75) is 25.3 Å². The summed E-state index contributed by atoms with van der Waals surface area (Å²) >= 11 is 1.41. The van der Waals surface area contributed by atoms with Crippen LogP contribution in [0.4, 0.5) is 0 Å². The maximum atomic E-state index is 12.1. The summed E-state index contributed by atoms with van der Waals surface area (Å²) in [6, 6.07) is 2.04. The van der Waals surface area contributed by atoms with Crippen molar-refractivity contribution in [1.82, 2.24) is 5.32 Å². The number of nitrogens with one attached hydrogen (secondary N) is 1. The number of thiophene rings is 1. The van der Waals surface area contributed by atoms with Crippen molar-refractivity contribution in [3.05, 3.63) is 16.3 Å². The Balaban J connectivity index is 2.01. The van der Waals surface area contributed by atoms with E-state index < -0.39 is 0 Å². The fourth-order valence-electron chi connectivity index (χ4n) is 2.37. The van der Waals surface area contributed by atoms with Crippen LogP contribution in [-0.2, 0) is 0 Å². The maximum Gasteiger partial charge on any atom is 0.265 e. The minimum absolute atomic E-state index is 0.0396. The molecule has 0 radical (unpaired) electrons. The van der Waals surface area contributed by atoms with Crippen LogP contribution in [0, 0.1) is 5.92 Å². The number of nitrogens with two attached hydrogens (primary N) is 1. The summed E-state index contributed by atoms with van der Waals surface area (Å²) in [5, 5.41) is 4.93. The van der Waals surface area contributed by atoms with Crippen molar-refractivity contribution >= 4 is 17.2 Å². The highest BCUT2D eigenvalue weighted by Crippen LogP contribution is 2.27. The molecule has 1 saturated carbocycles. The molecule has 0 aromatic carbocycles. The molecule has 1 amide bonds. The van der Waals surface area contributed by atoms with Crippen LogP contribution in [0.5, 0.6) is 5.75 Å². The Morgan fingerprint density at radius 2 is 2.47 bits per heavy atom. The van der Waals surface area contributed by atoms with Gasteiger partial charge in [0.1, 0.15) is 10.6 Å². The lowest BCUT2D eigenvalue weighted by atomic mass is 10.0. The molecule has 1 aromatic rings. The van der Waals surface area contributed by atoms with Crippen molar-refractivity contribution in [3.8, 4) is 5.75 Å². The number of hydrogen-bond acceptors (Lipinski definition) is 4. The molecule has 1 fully saturated rings. The first kappa shape index (κ1) is 12.4. The van der Waals surface area contributed by atoms with Crippen LogP contribution >= 0.6 is 11.3 Å². The van der Waals surface area contributed by atoms with Gasteiger partial charge in [-0.1, -0.05) is 6.42 Å². The number of ether oxygens (including phenoxy) is 1. The number of amides is 1. The van der Waals surface area contributed by atoms with Crippen molar-refractivity contribution < 1.29 is 9.53 Å². The SMILES string of the molecule is COc1ccsc1C(=O)NC1CCCC1CN. The Bertz CT molecular complexity index is 392. The zero-order chi connectivity index (χ0) is 12.3. The normalized spacial score (nSPS) is 23.6. The summed E-state index contributed by atoms with van der Waals surface area (Å²) in [5.74, 6) is 1.03. The van der Waals surface area contributed by atoms with Gasteiger partial charge in [0.05, 0.1) is 7.11 Å². The molecule has 2 atom stereocenters. The molecule has 0 spiro atoms. The van der Waals surface area contributed by atoms with Gasteiger partial charge in [0.2, 0.25) is 0 Å². The van der Waals surface area contributed by atoms with Crippen molar-refractivity contribution in [1.29, 1.82) is 0 Å². The number of hydrogen-bond donors (Lipinski definition) is 2. The van der Waals surface area contributed by atoms with Crippen LogP contribution in [0.25, 0.3) is 0 Å². The van der Waals surface area contributed by atoms with Gasteiger partial charge in [-0.3, -0.25) is 4.79 Å². The fraction of sp³-hybridized carbons (Fsp3) is 0.583. The minimum Gasteiger partial charge on any atom is -0.495 e. The highest BCUT2D eigenvalue weighted by atomic mass is 32.1. The van der Waals surface area contributed by atoms with Gasteiger partial charge < -0.3 is 15.8 Å². The molecular weight excluding hydrogens is 236 g/mol. The Morgan fingerprint density at radius 1 is 1.65 bits per heavy atom. The van der Waals surface area contributed by atoms with Gasteiger partial charge in [-0.25, -0.2) is 0 Å². The molecule has 2 rings (SSSR count). The van der Waals surface area contributed by atoms with Crippen LogP contribution < -0.4 is 15.8 Å². The number of carbonyl (C=O) groups is 1. The van der Waals surface area contributed by atoms with Crippen molar-refractivity contribution in [2.24, 2.45) is 11.7 Å². The molecule has 0 aliphatic heterocycles. The Labute approximate surface area is 105 Å². The molecule has 1 aliphatic carbocycles. The van der Waals surface area contributed by atoms with E-state index in [1.807, 2.05) is 11.4 Å². The number of methoxy groups -OCH3 is 1. The number of carbonyl (C=O) groups excluding carboxylic acids is 1. The lowest BCUT2D eigenvalue weighted by molar-refractivity contribution is 0.0930. The fourth-order valence-corrected chi connectivity index (χ4v) is 3.13. The first-order valence-corrected chi connectivity index (χ1v) is 6.76. The van der Waals surface area contributed by atoms with E-state index in [1.54, 1.807) is 7.11 Å². The first-order chi connectivity index (χ1) is 8.26. The van der Waals surface area contributed by atoms with Crippen molar-refractivity contribution in [2.75, 3.05) is 13.7 Å². The molecule has 17 heavy (non-hydrogen) atoms. The molecule has 4 nitrogen and oxygen atoms in total. The van der Waals surface area contributed by atoms with E-state index in [-0.39, 0.29) is 11.9 Å². The molecule has 0 saturated heterocycles. The quantitative estimate of drug-likeness (QED) is 0.858. The molecule has 0 bridgehead atoms. The third-order valence-corrected chi connectivity index (χ3v) is 4.23. The topological polar surface area (TPSA) is 64.3 Å². The molecule has 1 aliphatic rings. The summed E-state index contributed by atoms with van der Waals surface area (Å²) < 4.78 is 5.15. The highest BCUT2D eigenvalue weighted by Gasteiger charge is 2.28. The van der Waals surface area contributed by atoms with E-state index in [0.717, 1.165) is 19.3 Å². The molecule has 1 aromatic heterocycles. The predicted molar refractivity (Wildman–Crippen MR) is 68.5 cm³/mol. The molecule has 5 heteroatoms. The third kappa shape index (κ3) is 2.61. The third-order valence-electron chi connectivity index (χ3n) is 3.33. The van der Waals surface area contributed by atoms with Crippen LogP contribution in [0.3, 0.4) is 0 Å². The van der Waals surface area contributed by atoms with Gasteiger partial charge >= 0.3 is 0 Å². The predicted octanol–water partition coefficient (Wildman–Crippen LogP) is 1.61. The van der Waals surface area contributed by atoms with E-state index in [0.29, 0.717) is 23.1 Å². The molecule has 94 valence electrons. The molecule has 1 heterocycles. The Hall–Kier alpha value is -1.07. The average Bonchev–Trinajstić information content (AvgIpc) is 2.96. The highest BCUT2D eigenvalue weighted by molar-refractivity contribution is 7.12. The van der Waals surface area contributed by atoms with Crippen LogP contribution in [0.15, 0.2) is 11.4 Å². The standard InChI is InChI=1S/C12H18N2O2S/c1-16-10-5-6-17-11(10)12(15)14-9-4-2-3-8(9)7-13/h5-6,8-9H,2-4,7,13H2,1H3,(H,14,15). The van der Waals surface area contributed by atoms with Crippen LogP contribution in [-0.4, -0.2) is 25.6 Å². The lowest BCUT2D eigenvalue weighted by Crippen LogP contribution is -2.39. The summed E-state index contributed by atoms with van der Waals surface area (Å²) in [5.41, 5.74) is 5.70. The van der Waals surface area contributed by atoms with Gasteiger partial charge in [-0.15, -0.1) is 11.3 Å². The Morgan fingerprint density at radius 3 is 3.18 bits per heavy atom. The van der Waals surface area contributed by atoms with Gasteiger partial charge in [-0.05, 0) is 36.8 Å². The Kier molecular flexibility index (Phi) is 4.02. The minimum atomic E-state index is -0.0396. The maximum absolute atomic E-state index is 12.1. The summed E-state index contributed by atoms with van der Waals surface area (Å²) in [4.78, 5) is 12.7. The summed E-state index contributed by atoms with van der Waals surface area (Å²) in [7, 11) is 1.58. The summed E-state index contributed by atoms with van der Waals surface area (Å²) in [6.07, 6.45) is 3.29. The largest absolute Gasteiger partial charge is 0.495 e. The second-order valence-electron chi connectivity index (χ2n) is 4.32. The smallest absolute Gasteiger partial charge is 0.265 e. The lowest BCUT2D eigenvalue weighted by Gasteiger charge is -2.19. The van der Waals surface area contributed by atoms with Crippen molar-refractivity contribution in [3.63, 3.8) is 0 Å². The van der Waals surface area contributed by atoms with E-state index in [2.05, 4.69) is 5.32 Å². The van der Waals surface area contributed by atoms with E-state index in [4.69, 9.17) is 10.5 Å². The number of rotatable bonds is 4. The second kappa shape index (κ2) is 5.51.